The summed E-state index contributed by atoms with van der Waals surface area (Å²) in [5, 5.41) is 0. The lowest BCUT2D eigenvalue weighted by Crippen LogP contribution is -2.34. The fraction of sp³-hybridized carbons (Fsp3) is 0.333. The van der Waals surface area contributed by atoms with Gasteiger partial charge in [-0.3, -0.25) is 14.4 Å². The molecule has 0 aliphatic heterocycles. The molecule has 1 aromatic rings. The molecule has 0 aromatic carbocycles. The van der Waals surface area contributed by atoms with Crippen molar-refractivity contribution in [2.75, 3.05) is 17.2 Å². The van der Waals surface area contributed by atoms with Crippen LogP contribution in [-0.4, -0.2) is 30.8 Å². The third-order valence-corrected chi connectivity index (χ3v) is 2.62. The van der Waals surface area contributed by atoms with Gasteiger partial charge in [-0.15, -0.1) is 0 Å². The number of hydrogen-bond acceptors (Lipinski definition) is 8. The molecule has 0 saturated carbocycles. The van der Waals surface area contributed by atoms with Crippen LogP contribution < -0.4 is 22.7 Å². The Kier molecular flexibility index (Phi) is 4.08. The number of hydrogen-bond donors (Lipinski definition) is 4. The van der Waals surface area contributed by atoms with Crippen molar-refractivity contribution in [2.45, 2.75) is 5.75 Å². The zero-order chi connectivity index (χ0) is 12.1. The minimum atomic E-state index is -1.47. The summed E-state index contributed by atoms with van der Waals surface area (Å²) >= 11 is 0. The predicted molar refractivity (Wildman–Crippen MR) is 57.7 cm³/mol. The Labute approximate surface area is 93.3 Å². The average Bonchev–Trinajstić information content (AvgIpc) is 2.15. The molecule has 1 heterocycles. The highest BCUT2D eigenvalue weighted by Gasteiger charge is 2.10. The van der Waals surface area contributed by atoms with Gasteiger partial charge in [0.25, 0.3) is 0 Å². The third kappa shape index (κ3) is 3.74. The molecule has 1 amide bonds. The molecule has 0 aliphatic carbocycles. The van der Waals surface area contributed by atoms with Crippen LogP contribution in [-0.2, 0) is 21.3 Å². The number of nitrogens with two attached hydrogens (primary N) is 3. The van der Waals surface area contributed by atoms with Crippen molar-refractivity contribution >= 4 is 28.6 Å². The number of rotatable bonds is 4. The van der Waals surface area contributed by atoms with E-state index in [4.69, 9.17) is 17.3 Å². The van der Waals surface area contributed by atoms with E-state index in [1.54, 1.807) is 0 Å². The zero-order valence-corrected chi connectivity index (χ0v) is 9.03. The van der Waals surface area contributed by atoms with Crippen molar-refractivity contribution in [1.29, 1.82) is 0 Å². The highest BCUT2D eigenvalue weighted by molar-refractivity contribution is 7.84. The molecule has 88 valence electrons. The fourth-order valence-corrected chi connectivity index (χ4v) is 1.80. The van der Waals surface area contributed by atoms with Gasteiger partial charge in [0.05, 0.1) is 5.75 Å². The van der Waals surface area contributed by atoms with E-state index in [0.717, 1.165) is 0 Å². The fourth-order valence-electron chi connectivity index (χ4n) is 0.904. The summed E-state index contributed by atoms with van der Waals surface area (Å²) in [5.74, 6) is 4.11. The van der Waals surface area contributed by atoms with E-state index in [1.165, 1.54) is 0 Å². The van der Waals surface area contributed by atoms with E-state index in [-0.39, 0.29) is 29.2 Å². The lowest BCUT2D eigenvalue weighted by atomic mass is 10.7. The predicted octanol–water partition coefficient (Wildman–Crippen LogP) is -2.73. The van der Waals surface area contributed by atoms with Crippen molar-refractivity contribution in [3.05, 3.63) is 5.82 Å². The normalized spacial score (nSPS) is 12.1. The average molecular weight is 245 g/mol. The van der Waals surface area contributed by atoms with Gasteiger partial charge < -0.3 is 11.5 Å². The maximum atomic E-state index is 11.4. The molecule has 9 nitrogen and oxygen atoms in total. The second kappa shape index (κ2) is 5.32. The van der Waals surface area contributed by atoms with Crippen molar-refractivity contribution in [3.63, 3.8) is 0 Å². The molecule has 0 bridgehead atoms. The van der Waals surface area contributed by atoms with E-state index < -0.39 is 16.7 Å². The summed E-state index contributed by atoms with van der Waals surface area (Å²) in [7, 11) is -1.47. The maximum absolute atomic E-state index is 11.4. The van der Waals surface area contributed by atoms with Crippen LogP contribution in [0.3, 0.4) is 0 Å². The van der Waals surface area contributed by atoms with Gasteiger partial charge in [0.1, 0.15) is 11.6 Å². The Morgan fingerprint density at radius 3 is 2.31 bits per heavy atom. The van der Waals surface area contributed by atoms with Crippen molar-refractivity contribution in [1.82, 2.24) is 20.4 Å². The molecular formula is C6H11N7O2S. The van der Waals surface area contributed by atoms with Gasteiger partial charge in [-0.25, -0.2) is 5.84 Å². The lowest BCUT2D eigenvalue weighted by molar-refractivity contribution is -0.118. The van der Waals surface area contributed by atoms with Crippen LogP contribution in [0.1, 0.15) is 5.82 Å². The first-order chi connectivity index (χ1) is 7.51. The number of carbonyl (C=O) groups excluding carboxylic acids is 1. The first-order valence-corrected chi connectivity index (χ1v) is 5.60. The second-order valence-corrected chi connectivity index (χ2v) is 4.22. The van der Waals surface area contributed by atoms with E-state index in [1.807, 2.05) is 5.43 Å². The number of anilines is 2. The quantitative estimate of drug-likeness (QED) is 0.252. The molecule has 1 unspecified atom stereocenters. The molecule has 0 spiro atoms. The van der Waals surface area contributed by atoms with Crippen LogP contribution >= 0.6 is 0 Å². The SMILES string of the molecule is NNC(=O)CS(=O)Cc1nc(N)nc(N)n1. The summed E-state index contributed by atoms with van der Waals surface area (Å²) in [6.45, 7) is 0. The minimum Gasteiger partial charge on any atom is -0.368 e. The van der Waals surface area contributed by atoms with Crippen molar-refractivity contribution < 1.29 is 9.00 Å². The summed E-state index contributed by atoms with van der Waals surface area (Å²) in [6.07, 6.45) is 0. The molecule has 10 heteroatoms. The van der Waals surface area contributed by atoms with Gasteiger partial charge in [0.15, 0.2) is 0 Å². The lowest BCUT2D eigenvalue weighted by Gasteiger charge is -2.02. The largest absolute Gasteiger partial charge is 0.368 e. The van der Waals surface area contributed by atoms with Gasteiger partial charge >= 0.3 is 0 Å². The van der Waals surface area contributed by atoms with Gasteiger partial charge in [-0.1, -0.05) is 0 Å². The molecule has 1 aromatic heterocycles. The molecule has 0 aliphatic rings. The van der Waals surface area contributed by atoms with E-state index in [0.29, 0.717) is 0 Å². The molecule has 16 heavy (non-hydrogen) atoms. The topological polar surface area (TPSA) is 163 Å². The number of nitrogens with zero attached hydrogens (tertiary/aromatic N) is 3. The Hall–Kier alpha value is -1.81. The number of amides is 1. The molecule has 0 fully saturated rings. The van der Waals surface area contributed by atoms with Gasteiger partial charge in [-0.2, -0.15) is 15.0 Å². The van der Waals surface area contributed by atoms with Crippen LogP contribution in [0.5, 0.6) is 0 Å². The summed E-state index contributed by atoms with van der Waals surface area (Å²) in [4.78, 5) is 21.8. The Balaban J connectivity index is 2.66. The Morgan fingerprint density at radius 2 is 1.81 bits per heavy atom. The standard InChI is InChI=1S/C6H11N7O2S/c7-5-10-3(11-6(8)12-5)1-16(15)2-4(14)13-9/h1-2,9H2,(H,13,14)(H4,7,8,10,11,12). The first-order valence-electron chi connectivity index (χ1n) is 4.11. The Morgan fingerprint density at radius 1 is 1.25 bits per heavy atom. The molecule has 1 atom stereocenters. The molecule has 0 radical (unpaired) electrons. The molecular weight excluding hydrogens is 234 g/mol. The smallest absolute Gasteiger partial charge is 0.246 e. The van der Waals surface area contributed by atoms with Gasteiger partial charge in [0, 0.05) is 10.8 Å². The zero-order valence-electron chi connectivity index (χ0n) is 8.21. The first kappa shape index (κ1) is 12.3. The summed E-state index contributed by atoms with van der Waals surface area (Å²) in [6, 6.07) is 0. The van der Waals surface area contributed by atoms with E-state index in [2.05, 4.69) is 15.0 Å². The van der Waals surface area contributed by atoms with Crippen LogP contribution in [0, 0.1) is 0 Å². The van der Waals surface area contributed by atoms with Crippen LogP contribution in [0.15, 0.2) is 0 Å². The Bertz CT molecular complexity index is 403. The number of hydrazine groups is 1. The number of nitrogen functional groups attached to an aromatic ring is 2. The van der Waals surface area contributed by atoms with Gasteiger partial charge in [-0.05, 0) is 0 Å². The number of nitrogens with one attached hydrogen (secondary N) is 1. The highest BCUT2D eigenvalue weighted by atomic mass is 32.2. The third-order valence-electron chi connectivity index (χ3n) is 1.46. The summed E-state index contributed by atoms with van der Waals surface area (Å²) < 4.78 is 11.4. The highest BCUT2D eigenvalue weighted by Crippen LogP contribution is 2.01. The van der Waals surface area contributed by atoms with Crippen LogP contribution in [0.2, 0.25) is 0 Å². The number of carbonyl (C=O) groups is 1. The second-order valence-electron chi connectivity index (χ2n) is 2.76. The molecule has 0 saturated heterocycles. The number of aromatic nitrogens is 3. The van der Waals surface area contributed by atoms with Crippen LogP contribution in [0.4, 0.5) is 11.9 Å². The maximum Gasteiger partial charge on any atom is 0.246 e. The molecule has 7 N–H and O–H groups in total. The van der Waals surface area contributed by atoms with E-state index >= 15 is 0 Å². The molecule has 1 rings (SSSR count). The van der Waals surface area contributed by atoms with Crippen LogP contribution in [0.25, 0.3) is 0 Å². The van der Waals surface area contributed by atoms with Crippen molar-refractivity contribution in [3.8, 4) is 0 Å². The minimum absolute atomic E-state index is 0.0374. The monoisotopic (exact) mass is 245 g/mol. The van der Waals surface area contributed by atoms with Crippen molar-refractivity contribution in [2.24, 2.45) is 5.84 Å². The van der Waals surface area contributed by atoms with E-state index in [9.17, 15) is 9.00 Å². The summed E-state index contributed by atoms with van der Waals surface area (Å²) in [5.41, 5.74) is 12.5. The van der Waals surface area contributed by atoms with Gasteiger partial charge in [0.2, 0.25) is 17.8 Å².